The third kappa shape index (κ3) is 7.41. The average Bonchev–Trinajstić information content (AvgIpc) is 2.53. The van der Waals surface area contributed by atoms with Gasteiger partial charge in [-0.2, -0.15) is 0 Å². The average molecular weight is 367 g/mol. The molecule has 2 rings (SSSR count). The lowest BCUT2D eigenvalue weighted by Crippen LogP contribution is -2.42. The van der Waals surface area contributed by atoms with Crippen LogP contribution in [-0.2, 0) is 9.59 Å². The number of aromatic hydroxyl groups is 1. The van der Waals surface area contributed by atoms with E-state index in [-0.39, 0.29) is 11.7 Å². The summed E-state index contributed by atoms with van der Waals surface area (Å²) in [6.07, 6.45) is 4.41. The number of aliphatic carboxylic acids is 2. The van der Waals surface area contributed by atoms with Crippen LogP contribution >= 0.6 is 0 Å². The van der Waals surface area contributed by atoms with Crippen molar-refractivity contribution < 1.29 is 30.0 Å². The lowest BCUT2D eigenvalue weighted by Gasteiger charge is -2.40. The Labute approximate surface area is 153 Å². The van der Waals surface area contributed by atoms with Gasteiger partial charge in [0.05, 0.1) is 5.60 Å². The quantitative estimate of drug-likeness (QED) is 0.570. The number of rotatable bonds is 6. The minimum absolute atomic E-state index is 0.114. The molecule has 7 nitrogen and oxygen atoms in total. The van der Waals surface area contributed by atoms with Crippen LogP contribution in [0, 0.1) is 0 Å². The number of nitrogens with zero attached hydrogens (tertiary/aromatic N) is 1. The SMILES string of the molecule is CN(C)CC(c1ccc(O)cc1)C1(O)CCCCC1.O=C(O)CC(=O)O. The molecule has 0 saturated heterocycles. The molecule has 1 atom stereocenters. The van der Waals surface area contributed by atoms with Gasteiger partial charge in [0.25, 0.3) is 0 Å². The second kappa shape index (κ2) is 10.1. The number of carboxylic acids is 2. The maximum absolute atomic E-state index is 11.0. The highest BCUT2D eigenvalue weighted by Gasteiger charge is 2.38. The van der Waals surface area contributed by atoms with Crippen molar-refractivity contribution in [3.05, 3.63) is 29.8 Å². The molecule has 7 heteroatoms. The van der Waals surface area contributed by atoms with Gasteiger partial charge < -0.3 is 25.3 Å². The zero-order valence-corrected chi connectivity index (χ0v) is 15.4. The molecular formula is C19H29NO6. The second-order valence-corrected chi connectivity index (χ2v) is 7.03. The van der Waals surface area contributed by atoms with Crippen LogP contribution < -0.4 is 0 Å². The van der Waals surface area contributed by atoms with Gasteiger partial charge in [-0.3, -0.25) is 9.59 Å². The Bertz CT molecular complexity index is 566. The summed E-state index contributed by atoms with van der Waals surface area (Å²) in [5, 5.41) is 35.8. The summed E-state index contributed by atoms with van der Waals surface area (Å²) < 4.78 is 0. The first-order valence-electron chi connectivity index (χ1n) is 8.73. The van der Waals surface area contributed by atoms with Gasteiger partial charge >= 0.3 is 11.9 Å². The van der Waals surface area contributed by atoms with Crippen molar-refractivity contribution in [3.63, 3.8) is 0 Å². The molecule has 1 aromatic carbocycles. The van der Waals surface area contributed by atoms with E-state index in [0.29, 0.717) is 0 Å². The first kappa shape index (κ1) is 21.9. The van der Waals surface area contributed by atoms with Gasteiger partial charge in [-0.15, -0.1) is 0 Å². The van der Waals surface area contributed by atoms with Crippen LogP contribution in [0.15, 0.2) is 24.3 Å². The van der Waals surface area contributed by atoms with E-state index in [2.05, 4.69) is 4.90 Å². The van der Waals surface area contributed by atoms with Crippen molar-refractivity contribution in [1.29, 1.82) is 0 Å². The van der Waals surface area contributed by atoms with Gasteiger partial charge in [-0.25, -0.2) is 0 Å². The van der Waals surface area contributed by atoms with Gasteiger partial charge in [0.15, 0.2) is 0 Å². The van der Waals surface area contributed by atoms with E-state index in [9.17, 15) is 19.8 Å². The van der Waals surface area contributed by atoms with Gasteiger partial charge in [-0.1, -0.05) is 31.4 Å². The van der Waals surface area contributed by atoms with Gasteiger partial charge in [0, 0.05) is 12.5 Å². The summed E-state index contributed by atoms with van der Waals surface area (Å²) in [6.45, 7) is 0.835. The van der Waals surface area contributed by atoms with Crippen molar-refractivity contribution in [3.8, 4) is 5.75 Å². The van der Waals surface area contributed by atoms with Crippen molar-refractivity contribution in [2.45, 2.75) is 50.0 Å². The smallest absolute Gasteiger partial charge is 0.314 e. The summed E-state index contributed by atoms with van der Waals surface area (Å²) in [4.78, 5) is 21.0. The molecule has 0 aromatic heterocycles. The van der Waals surface area contributed by atoms with E-state index < -0.39 is 24.0 Å². The molecule has 0 heterocycles. The molecule has 0 spiro atoms. The van der Waals surface area contributed by atoms with E-state index in [4.69, 9.17) is 10.2 Å². The minimum Gasteiger partial charge on any atom is -0.508 e. The van der Waals surface area contributed by atoms with Crippen molar-refractivity contribution in [2.24, 2.45) is 0 Å². The Morgan fingerprint density at radius 1 is 1.04 bits per heavy atom. The highest BCUT2D eigenvalue weighted by molar-refractivity contribution is 5.88. The summed E-state index contributed by atoms with van der Waals surface area (Å²) in [7, 11) is 4.08. The molecule has 4 N–H and O–H groups in total. The number of carboxylic acid groups (broad SMARTS) is 2. The Morgan fingerprint density at radius 2 is 1.54 bits per heavy atom. The van der Waals surface area contributed by atoms with Crippen molar-refractivity contribution in [2.75, 3.05) is 20.6 Å². The Hall–Kier alpha value is -2.12. The van der Waals surface area contributed by atoms with Crippen LogP contribution in [0.3, 0.4) is 0 Å². The summed E-state index contributed by atoms with van der Waals surface area (Å²) in [5.41, 5.74) is 0.523. The van der Waals surface area contributed by atoms with Crippen LogP contribution in [0.25, 0.3) is 0 Å². The van der Waals surface area contributed by atoms with Gasteiger partial charge in [0.1, 0.15) is 12.2 Å². The third-order valence-electron chi connectivity index (χ3n) is 4.51. The fourth-order valence-corrected chi connectivity index (χ4v) is 3.30. The van der Waals surface area contributed by atoms with E-state index in [1.807, 2.05) is 26.2 Å². The number of phenolic OH excluding ortho intramolecular Hbond substituents is 1. The predicted octanol–water partition coefficient (Wildman–Crippen LogP) is 2.28. The van der Waals surface area contributed by atoms with E-state index in [0.717, 1.165) is 37.8 Å². The van der Waals surface area contributed by atoms with Crippen LogP contribution in [0.4, 0.5) is 0 Å². The molecule has 1 aromatic rings. The first-order valence-corrected chi connectivity index (χ1v) is 8.73. The van der Waals surface area contributed by atoms with Crippen LogP contribution in [0.1, 0.15) is 50.0 Å². The number of aliphatic hydroxyl groups is 1. The Kier molecular flexibility index (Phi) is 8.54. The molecule has 0 amide bonds. The summed E-state index contributed by atoms with van der Waals surface area (Å²) >= 11 is 0. The molecule has 0 aliphatic heterocycles. The van der Waals surface area contributed by atoms with Crippen molar-refractivity contribution >= 4 is 11.9 Å². The lowest BCUT2D eigenvalue weighted by atomic mass is 9.72. The topological polar surface area (TPSA) is 118 Å². The molecule has 1 aliphatic rings. The molecule has 1 aliphatic carbocycles. The number of phenols is 1. The summed E-state index contributed by atoms with van der Waals surface area (Å²) in [5.74, 6) is -2.23. The summed E-state index contributed by atoms with van der Waals surface area (Å²) in [6, 6.07) is 7.31. The fraction of sp³-hybridized carbons (Fsp3) is 0.579. The monoisotopic (exact) mass is 367 g/mol. The van der Waals surface area contributed by atoms with E-state index in [1.165, 1.54) is 6.42 Å². The molecule has 146 valence electrons. The van der Waals surface area contributed by atoms with Gasteiger partial charge in [0.2, 0.25) is 0 Å². The highest BCUT2D eigenvalue weighted by Crippen LogP contribution is 2.40. The molecule has 1 unspecified atom stereocenters. The van der Waals surface area contributed by atoms with Crippen molar-refractivity contribution in [1.82, 2.24) is 4.90 Å². The van der Waals surface area contributed by atoms with Crippen LogP contribution in [0.2, 0.25) is 0 Å². The maximum atomic E-state index is 11.0. The Balaban J connectivity index is 0.000000412. The van der Waals surface area contributed by atoms with Crippen LogP contribution in [0.5, 0.6) is 5.75 Å². The number of carbonyl (C=O) groups is 2. The second-order valence-electron chi connectivity index (χ2n) is 7.03. The minimum atomic E-state index is -1.31. The predicted molar refractivity (Wildman–Crippen MR) is 97.3 cm³/mol. The van der Waals surface area contributed by atoms with E-state index >= 15 is 0 Å². The standard InChI is InChI=1S/C16H25NO2.C3H4O4/c1-17(2)12-15(13-6-8-14(18)9-7-13)16(19)10-4-3-5-11-16;4-2(5)1-3(6)7/h6-9,15,18-19H,3-5,10-12H2,1-2H3;1H2,(H,4,5)(H,6,7). The van der Waals surface area contributed by atoms with Gasteiger partial charge in [-0.05, 0) is 44.6 Å². The molecule has 1 fully saturated rings. The number of likely N-dealkylation sites (N-methyl/N-ethyl adjacent to an activating group) is 1. The number of hydrogen-bond donors (Lipinski definition) is 4. The maximum Gasteiger partial charge on any atom is 0.314 e. The first-order chi connectivity index (χ1) is 12.1. The highest BCUT2D eigenvalue weighted by atomic mass is 16.4. The fourth-order valence-electron chi connectivity index (χ4n) is 3.30. The lowest BCUT2D eigenvalue weighted by molar-refractivity contribution is -0.147. The Morgan fingerprint density at radius 3 is 1.92 bits per heavy atom. The zero-order chi connectivity index (χ0) is 19.7. The van der Waals surface area contributed by atoms with Crippen LogP contribution in [-0.4, -0.2) is 63.5 Å². The third-order valence-corrected chi connectivity index (χ3v) is 4.51. The molecule has 26 heavy (non-hydrogen) atoms. The zero-order valence-electron chi connectivity index (χ0n) is 15.4. The normalized spacial score (nSPS) is 17.1. The molecule has 1 saturated carbocycles. The van der Waals surface area contributed by atoms with E-state index in [1.54, 1.807) is 12.1 Å². The molecular weight excluding hydrogens is 338 g/mol. The largest absolute Gasteiger partial charge is 0.508 e. The number of benzene rings is 1. The number of hydrogen-bond acceptors (Lipinski definition) is 5. The molecule has 0 radical (unpaired) electrons. The molecule has 0 bridgehead atoms.